The van der Waals surface area contributed by atoms with Crippen molar-refractivity contribution >= 4 is 41.2 Å². The predicted molar refractivity (Wildman–Crippen MR) is 147 cm³/mol. The Bertz CT molecular complexity index is 1360. The number of methoxy groups -OCH3 is 1. The molecule has 0 bridgehead atoms. The molecule has 5 atom stereocenters. The minimum Gasteiger partial charge on any atom is -0.479 e. The molecule has 5 N–H and O–H groups in total. The third-order valence-corrected chi connectivity index (χ3v) is 10.3. The lowest BCUT2D eigenvalue weighted by atomic mass is 10.1. The van der Waals surface area contributed by atoms with Crippen LogP contribution in [0.15, 0.2) is 36.7 Å². The molecule has 0 unspecified atom stereocenters. The number of hydrogen-bond acceptors (Lipinski definition) is 13. The smallest absolute Gasteiger partial charge is 0.327 e. The van der Waals surface area contributed by atoms with Crippen LogP contribution in [0.2, 0.25) is 0 Å². The lowest BCUT2D eigenvalue weighted by molar-refractivity contribution is -0.158. The van der Waals surface area contributed by atoms with Gasteiger partial charge in [-0.15, -0.1) is 0 Å². The molecular weight excluding hydrogens is 563 g/mol. The number of ether oxygens (including phenoxy) is 3. The molecule has 0 saturated carbocycles. The summed E-state index contributed by atoms with van der Waals surface area (Å²) >= 11 is 1.09. The molecule has 218 valence electrons. The quantitative estimate of drug-likeness (QED) is 0.135. The van der Waals surface area contributed by atoms with Crippen LogP contribution in [0.5, 0.6) is 5.88 Å². The molecule has 0 amide bonds. The zero-order chi connectivity index (χ0) is 28.9. The second-order valence-electron chi connectivity index (χ2n) is 9.28. The monoisotopic (exact) mass is 596 g/mol. The van der Waals surface area contributed by atoms with Crippen LogP contribution in [0, 0.1) is 0 Å². The van der Waals surface area contributed by atoms with Crippen LogP contribution in [0.1, 0.15) is 38.2 Å². The number of nitrogens with zero attached hydrogens (tertiary/aromatic N) is 4. The number of aliphatic hydroxyl groups excluding tert-OH is 1. The molecule has 0 radical (unpaired) electrons. The summed E-state index contributed by atoms with van der Waals surface area (Å²) in [6, 6.07) is 8.53. The van der Waals surface area contributed by atoms with Crippen molar-refractivity contribution in [3.8, 4) is 5.88 Å². The zero-order valence-corrected chi connectivity index (χ0v) is 24.0. The van der Waals surface area contributed by atoms with E-state index in [0.29, 0.717) is 12.2 Å². The number of nitrogens with one attached hydrogen (secondary N) is 1. The molecular formula is C24H33N6O8PS. The van der Waals surface area contributed by atoms with Crippen molar-refractivity contribution in [1.82, 2.24) is 24.6 Å². The number of imidazole rings is 1. The number of aliphatic hydroxyl groups is 2. The molecule has 0 spiro atoms. The highest BCUT2D eigenvalue weighted by Gasteiger charge is 2.38. The van der Waals surface area contributed by atoms with E-state index in [1.807, 2.05) is 30.3 Å². The molecule has 2 aromatic heterocycles. The van der Waals surface area contributed by atoms with Crippen LogP contribution >= 0.6 is 18.1 Å². The van der Waals surface area contributed by atoms with Crippen molar-refractivity contribution in [3.63, 3.8) is 0 Å². The average molecular weight is 597 g/mol. The van der Waals surface area contributed by atoms with Gasteiger partial charge in [0.05, 0.1) is 33.3 Å². The number of esters is 1. The number of hydrogen-bond donors (Lipinski definition) is 4. The molecule has 1 saturated heterocycles. The number of fused-ring (bicyclic) bond motifs is 1. The van der Waals surface area contributed by atoms with Crippen molar-refractivity contribution in [2.75, 3.05) is 38.4 Å². The molecule has 16 heteroatoms. The zero-order valence-electron chi connectivity index (χ0n) is 22.3. The summed E-state index contributed by atoms with van der Waals surface area (Å²) in [5, 5.41) is 23.5. The number of aromatic nitrogens is 4. The summed E-state index contributed by atoms with van der Waals surface area (Å²) in [5.41, 5.74) is 5.36. The minimum atomic E-state index is -3.46. The number of carbonyl (C=O) groups excluding carboxylic acids is 1. The lowest BCUT2D eigenvalue weighted by Crippen LogP contribution is -2.42. The first-order chi connectivity index (χ1) is 19.1. The number of anilines is 1. The van der Waals surface area contributed by atoms with Crippen molar-refractivity contribution in [2.45, 2.75) is 44.2 Å². The first-order valence-corrected chi connectivity index (χ1v) is 15.7. The predicted octanol–water partition coefficient (Wildman–Crippen LogP) is 2.20. The first kappa shape index (κ1) is 30.2. The van der Waals surface area contributed by atoms with Gasteiger partial charge in [-0.05, 0) is 25.8 Å². The highest BCUT2D eigenvalue weighted by Crippen LogP contribution is 2.59. The Morgan fingerprint density at radius 3 is 2.77 bits per heavy atom. The van der Waals surface area contributed by atoms with Crippen molar-refractivity contribution in [3.05, 3.63) is 42.2 Å². The van der Waals surface area contributed by atoms with Crippen LogP contribution in [-0.4, -0.2) is 80.0 Å². The third kappa shape index (κ3) is 6.92. The topological polar surface area (TPSA) is 193 Å². The second-order valence-corrected chi connectivity index (χ2v) is 13.7. The third-order valence-electron chi connectivity index (χ3n) is 6.15. The van der Waals surface area contributed by atoms with Crippen LogP contribution in [0.25, 0.3) is 11.2 Å². The minimum absolute atomic E-state index is 0.0819. The van der Waals surface area contributed by atoms with Crippen molar-refractivity contribution in [1.29, 1.82) is 0 Å². The van der Waals surface area contributed by atoms with Gasteiger partial charge >= 0.3 is 12.7 Å². The number of nitrogens with two attached hydrogens (primary N) is 1. The maximum atomic E-state index is 13.3. The Morgan fingerprint density at radius 1 is 1.32 bits per heavy atom. The second kappa shape index (κ2) is 12.8. The molecule has 1 aliphatic heterocycles. The number of carbonyl (C=O) groups is 1. The van der Waals surface area contributed by atoms with Crippen LogP contribution in [0.3, 0.4) is 0 Å². The number of benzene rings is 1. The fourth-order valence-corrected chi connectivity index (χ4v) is 7.88. The van der Waals surface area contributed by atoms with E-state index in [1.165, 1.54) is 24.9 Å². The number of nitrogen functional groups attached to an aromatic ring is 1. The van der Waals surface area contributed by atoms with Crippen LogP contribution < -0.4 is 15.6 Å². The Kier molecular flexibility index (Phi) is 9.67. The van der Waals surface area contributed by atoms with Crippen molar-refractivity contribution in [2.24, 2.45) is 0 Å². The molecule has 1 aliphatic rings. The average Bonchev–Trinajstić information content (AvgIpc) is 3.35. The SMILES string of the molecule is COc1nc(N)nc2c1ncn2[C@H](OCCO[P@@]1(=O)N[C@@H](C(=O)O[C@@H](C)c2ccccc2)CCS1)[C@](C)(O)CO. The molecule has 4 rings (SSSR count). The summed E-state index contributed by atoms with van der Waals surface area (Å²) in [6.07, 6.45) is 0.137. The van der Waals surface area contributed by atoms with Crippen molar-refractivity contribution < 1.29 is 38.3 Å². The van der Waals surface area contributed by atoms with Gasteiger partial charge in [-0.2, -0.15) is 9.97 Å². The standard InChI is InChI=1S/C24H33N6O8PS/c1-15(16-7-5-4-6-8-16)38-21(32)17-9-12-40-39(34,29-17)37-11-10-36-22(24(2,33)13-31)30-14-26-18-19(30)27-23(25)28-20(18)35-3/h4-8,14-15,17,22,31,33H,9-13H2,1-3H3,(H,29,34)(H2,25,27,28)/t15-,17+,22+,24+,39-/m0/s1. The van der Waals surface area contributed by atoms with Crippen LogP contribution in [-0.2, 0) is 23.4 Å². The summed E-state index contributed by atoms with van der Waals surface area (Å²) < 4.78 is 37.0. The van der Waals surface area contributed by atoms with Gasteiger partial charge < -0.3 is 34.7 Å². The molecule has 40 heavy (non-hydrogen) atoms. The van der Waals surface area contributed by atoms with E-state index < -0.39 is 43.3 Å². The van der Waals surface area contributed by atoms with Crippen LogP contribution in [0.4, 0.5) is 5.95 Å². The summed E-state index contributed by atoms with van der Waals surface area (Å²) in [6.45, 7) is -1.25. The molecule has 14 nitrogen and oxygen atoms in total. The Morgan fingerprint density at radius 2 is 2.08 bits per heavy atom. The first-order valence-electron chi connectivity index (χ1n) is 12.5. The Labute approximate surface area is 234 Å². The van der Waals surface area contributed by atoms with E-state index in [9.17, 15) is 19.6 Å². The summed E-state index contributed by atoms with van der Waals surface area (Å²) in [5.74, 6) is -0.0334. The highest BCUT2D eigenvalue weighted by atomic mass is 32.7. The van der Waals surface area contributed by atoms with E-state index >= 15 is 0 Å². The van der Waals surface area contributed by atoms with Gasteiger partial charge in [0.2, 0.25) is 11.8 Å². The molecule has 3 heterocycles. The summed E-state index contributed by atoms with van der Waals surface area (Å²) in [7, 11) is 1.41. The Balaban J connectivity index is 1.38. The molecule has 3 aromatic rings. The van der Waals surface area contributed by atoms with Gasteiger partial charge in [-0.3, -0.25) is 13.9 Å². The van der Waals surface area contributed by atoms with E-state index in [-0.39, 0.29) is 36.2 Å². The fraction of sp³-hybridized carbons (Fsp3) is 0.500. The maximum Gasteiger partial charge on any atom is 0.327 e. The van der Waals surface area contributed by atoms with Gasteiger partial charge in [-0.25, -0.2) is 10.1 Å². The lowest BCUT2D eigenvalue weighted by Gasteiger charge is -2.32. The maximum absolute atomic E-state index is 13.3. The van der Waals surface area contributed by atoms with E-state index in [2.05, 4.69) is 20.0 Å². The van der Waals surface area contributed by atoms with Gasteiger partial charge in [-0.1, -0.05) is 41.7 Å². The van der Waals surface area contributed by atoms with E-state index in [0.717, 1.165) is 16.9 Å². The number of rotatable bonds is 12. The normalized spacial score (nSPS) is 22.4. The van der Waals surface area contributed by atoms with Gasteiger partial charge in [0, 0.05) is 5.75 Å². The van der Waals surface area contributed by atoms with Gasteiger partial charge in [0.1, 0.15) is 17.7 Å². The van der Waals surface area contributed by atoms with Gasteiger partial charge in [0.25, 0.3) is 0 Å². The molecule has 0 aliphatic carbocycles. The Hall–Kier alpha value is -2.78. The molecule has 1 aromatic carbocycles. The molecule has 1 fully saturated rings. The highest BCUT2D eigenvalue weighted by molar-refractivity contribution is 8.56. The largest absolute Gasteiger partial charge is 0.479 e. The fourth-order valence-electron chi connectivity index (χ4n) is 4.05. The van der Waals surface area contributed by atoms with Gasteiger partial charge in [0.15, 0.2) is 17.4 Å². The summed E-state index contributed by atoms with van der Waals surface area (Å²) in [4.78, 5) is 25.1. The van der Waals surface area contributed by atoms with E-state index in [1.54, 1.807) is 6.92 Å². The van der Waals surface area contributed by atoms with E-state index in [4.69, 9.17) is 24.5 Å².